The van der Waals surface area contributed by atoms with Crippen LogP contribution in [0.1, 0.15) is 5.56 Å². The third-order valence-electron chi connectivity index (χ3n) is 3.70. The summed E-state index contributed by atoms with van der Waals surface area (Å²) in [6.07, 6.45) is 0.317. The van der Waals surface area contributed by atoms with E-state index in [9.17, 15) is 13.6 Å². The van der Waals surface area contributed by atoms with Crippen molar-refractivity contribution in [1.29, 1.82) is 0 Å². The first-order valence-electron chi connectivity index (χ1n) is 6.86. The Morgan fingerprint density at radius 3 is 2.78 bits per heavy atom. The third-order valence-corrected chi connectivity index (χ3v) is 3.99. The predicted octanol–water partition coefficient (Wildman–Crippen LogP) is 3.26. The molecule has 0 radical (unpaired) electrons. The molecule has 0 bridgehead atoms. The SMILES string of the molecule is CN1C(=O)[C@H](N)Cc2ccc(Cl)c(Oc3cc(F)ccc3F)c21. The second kappa shape index (κ2) is 5.79. The van der Waals surface area contributed by atoms with Gasteiger partial charge in [-0.3, -0.25) is 4.79 Å². The summed E-state index contributed by atoms with van der Waals surface area (Å²) in [5.74, 6) is -1.90. The van der Waals surface area contributed by atoms with E-state index in [4.69, 9.17) is 22.1 Å². The number of halogens is 3. The van der Waals surface area contributed by atoms with Crippen LogP contribution in [0.25, 0.3) is 0 Å². The Morgan fingerprint density at radius 2 is 2.04 bits per heavy atom. The number of rotatable bonds is 2. The van der Waals surface area contributed by atoms with E-state index >= 15 is 0 Å². The fraction of sp³-hybridized carbons (Fsp3) is 0.188. The number of hydrogen-bond donors (Lipinski definition) is 1. The fourth-order valence-electron chi connectivity index (χ4n) is 2.57. The summed E-state index contributed by atoms with van der Waals surface area (Å²) < 4.78 is 32.6. The van der Waals surface area contributed by atoms with Crippen LogP contribution >= 0.6 is 11.6 Å². The van der Waals surface area contributed by atoms with Crippen molar-refractivity contribution in [3.63, 3.8) is 0 Å². The Bertz CT molecular complexity index is 798. The summed E-state index contributed by atoms with van der Waals surface area (Å²) in [5, 5.41) is 0.183. The third kappa shape index (κ3) is 2.75. The highest BCUT2D eigenvalue weighted by Crippen LogP contribution is 2.43. The van der Waals surface area contributed by atoms with Gasteiger partial charge in [0.2, 0.25) is 5.91 Å². The summed E-state index contributed by atoms with van der Waals surface area (Å²) in [6, 6.07) is 5.50. The minimum absolute atomic E-state index is 0.0939. The zero-order chi connectivity index (χ0) is 16.7. The predicted molar refractivity (Wildman–Crippen MR) is 83.0 cm³/mol. The molecule has 2 N–H and O–H groups in total. The second-order valence-electron chi connectivity index (χ2n) is 5.27. The molecule has 0 saturated carbocycles. The zero-order valence-corrected chi connectivity index (χ0v) is 12.9. The van der Waals surface area contributed by atoms with Crippen LogP contribution in [0, 0.1) is 11.6 Å². The number of likely N-dealkylation sites (N-methyl/N-ethyl adjacent to an activating group) is 1. The highest BCUT2D eigenvalue weighted by Gasteiger charge is 2.32. The van der Waals surface area contributed by atoms with E-state index in [1.807, 2.05) is 0 Å². The van der Waals surface area contributed by atoms with Gasteiger partial charge in [-0.1, -0.05) is 17.7 Å². The standard InChI is InChI=1S/C16H13ClF2N2O2/c1-21-14-8(6-12(20)16(21)22)2-4-10(17)15(14)23-13-7-9(18)3-5-11(13)19/h2-5,7,12H,6,20H2,1H3/t12-/m1/s1. The maximum atomic E-state index is 13.8. The van der Waals surface area contributed by atoms with Gasteiger partial charge < -0.3 is 15.4 Å². The van der Waals surface area contributed by atoms with Crippen LogP contribution in [-0.2, 0) is 11.2 Å². The molecule has 1 heterocycles. The molecule has 1 aliphatic heterocycles. The molecule has 23 heavy (non-hydrogen) atoms. The fourth-order valence-corrected chi connectivity index (χ4v) is 2.76. The van der Waals surface area contributed by atoms with E-state index in [1.165, 1.54) is 11.9 Å². The van der Waals surface area contributed by atoms with Crippen LogP contribution in [0.2, 0.25) is 5.02 Å². The number of carbonyl (C=O) groups is 1. The Kier molecular flexibility index (Phi) is 3.95. The molecule has 2 aromatic carbocycles. The minimum atomic E-state index is -0.735. The number of nitrogens with zero attached hydrogens (tertiary/aromatic N) is 1. The van der Waals surface area contributed by atoms with Crippen LogP contribution in [0.4, 0.5) is 14.5 Å². The number of anilines is 1. The van der Waals surface area contributed by atoms with Gasteiger partial charge in [-0.15, -0.1) is 0 Å². The summed E-state index contributed by atoms with van der Waals surface area (Å²) in [5.41, 5.74) is 6.95. The number of ether oxygens (including phenoxy) is 1. The van der Waals surface area contributed by atoms with Crippen molar-refractivity contribution in [2.75, 3.05) is 11.9 Å². The summed E-state index contributed by atoms with van der Waals surface area (Å²) >= 11 is 6.14. The summed E-state index contributed by atoms with van der Waals surface area (Å²) in [6.45, 7) is 0. The monoisotopic (exact) mass is 338 g/mol. The highest BCUT2D eigenvalue weighted by atomic mass is 35.5. The molecule has 0 aromatic heterocycles. The van der Waals surface area contributed by atoms with Gasteiger partial charge in [0.15, 0.2) is 17.3 Å². The van der Waals surface area contributed by atoms with Crippen molar-refractivity contribution in [3.8, 4) is 11.5 Å². The van der Waals surface area contributed by atoms with Crippen molar-refractivity contribution in [3.05, 3.63) is 52.6 Å². The van der Waals surface area contributed by atoms with Crippen LogP contribution in [0.15, 0.2) is 30.3 Å². The number of hydrogen-bond acceptors (Lipinski definition) is 3. The molecule has 0 unspecified atom stereocenters. The lowest BCUT2D eigenvalue weighted by Crippen LogP contribution is -2.47. The second-order valence-corrected chi connectivity index (χ2v) is 5.68. The molecule has 0 saturated heterocycles. The molecule has 0 aliphatic carbocycles. The maximum absolute atomic E-state index is 13.8. The highest BCUT2D eigenvalue weighted by molar-refractivity contribution is 6.32. The zero-order valence-electron chi connectivity index (χ0n) is 12.1. The molecule has 7 heteroatoms. The van der Waals surface area contributed by atoms with Crippen LogP contribution in [0.5, 0.6) is 11.5 Å². The molecule has 4 nitrogen and oxygen atoms in total. The van der Waals surface area contributed by atoms with Crippen molar-refractivity contribution in [2.45, 2.75) is 12.5 Å². The van der Waals surface area contributed by atoms with E-state index in [0.717, 1.165) is 23.8 Å². The smallest absolute Gasteiger partial charge is 0.244 e. The van der Waals surface area contributed by atoms with Crippen LogP contribution in [-0.4, -0.2) is 19.0 Å². The van der Waals surface area contributed by atoms with Gasteiger partial charge >= 0.3 is 0 Å². The molecule has 1 atom stereocenters. The average Bonchev–Trinajstić information content (AvgIpc) is 2.51. The average molecular weight is 339 g/mol. The maximum Gasteiger partial charge on any atom is 0.244 e. The number of fused-ring (bicyclic) bond motifs is 1. The summed E-state index contributed by atoms with van der Waals surface area (Å²) in [4.78, 5) is 13.4. The number of carbonyl (C=O) groups excluding carboxylic acids is 1. The van der Waals surface area contributed by atoms with Crippen molar-refractivity contribution < 1.29 is 18.3 Å². The Hall–Kier alpha value is -2.18. The molecule has 0 fully saturated rings. The topological polar surface area (TPSA) is 55.6 Å². The van der Waals surface area contributed by atoms with E-state index in [0.29, 0.717) is 12.1 Å². The Balaban J connectivity index is 2.11. The van der Waals surface area contributed by atoms with Crippen molar-refractivity contribution in [1.82, 2.24) is 0 Å². The Morgan fingerprint density at radius 1 is 1.30 bits per heavy atom. The lowest BCUT2D eigenvalue weighted by atomic mass is 9.97. The first kappa shape index (κ1) is 15.7. The van der Waals surface area contributed by atoms with Gasteiger partial charge in [0.25, 0.3) is 0 Å². The molecule has 0 spiro atoms. The largest absolute Gasteiger partial charge is 0.450 e. The van der Waals surface area contributed by atoms with Crippen LogP contribution in [0.3, 0.4) is 0 Å². The normalized spacial score (nSPS) is 17.2. The number of amides is 1. The van der Waals surface area contributed by atoms with Gasteiger partial charge in [-0.2, -0.15) is 0 Å². The van der Waals surface area contributed by atoms with Crippen LogP contribution < -0.4 is 15.4 Å². The number of nitrogens with two attached hydrogens (primary N) is 1. The lowest BCUT2D eigenvalue weighted by molar-refractivity contribution is -0.119. The van der Waals surface area contributed by atoms with E-state index in [1.54, 1.807) is 12.1 Å². The van der Waals surface area contributed by atoms with E-state index in [-0.39, 0.29) is 22.4 Å². The molecular weight excluding hydrogens is 326 g/mol. The molecule has 1 aliphatic rings. The molecule has 3 rings (SSSR count). The molecular formula is C16H13ClF2N2O2. The molecule has 2 aromatic rings. The first-order chi connectivity index (χ1) is 10.9. The van der Waals surface area contributed by atoms with Gasteiger partial charge in [-0.25, -0.2) is 8.78 Å². The van der Waals surface area contributed by atoms with E-state index in [2.05, 4.69) is 0 Å². The Labute approximate surface area is 136 Å². The van der Waals surface area contributed by atoms with Crippen molar-refractivity contribution in [2.24, 2.45) is 5.73 Å². The molecule has 1 amide bonds. The van der Waals surface area contributed by atoms with Crippen molar-refractivity contribution >= 4 is 23.2 Å². The quantitative estimate of drug-likeness (QED) is 0.914. The van der Waals surface area contributed by atoms with Gasteiger partial charge in [-0.05, 0) is 30.2 Å². The lowest BCUT2D eigenvalue weighted by Gasteiger charge is -2.31. The first-order valence-corrected chi connectivity index (χ1v) is 7.23. The molecule has 120 valence electrons. The van der Waals surface area contributed by atoms with Gasteiger partial charge in [0, 0.05) is 13.1 Å². The van der Waals surface area contributed by atoms with E-state index < -0.39 is 17.7 Å². The summed E-state index contributed by atoms with van der Waals surface area (Å²) in [7, 11) is 1.53. The van der Waals surface area contributed by atoms with Gasteiger partial charge in [0.05, 0.1) is 16.8 Å². The minimum Gasteiger partial charge on any atom is -0.450 e. The number of benzene rings is 2. The van der Waals surface area contributed by atoms with Gasteiger partial charge in [0.1, 0.15) is 5.82 Å².